The van der Waals surface area contributed by atoms with Crippen molar-refractivity contribution in [2.45, 2.75) is 39.0 Å². The van der Waals surface area contributed by atoms with E-state index in [1.54, 1.807) is 0 Å². The molecule has 3 nitrogen and oxygen atoms in total. The summed E-state index contributed by atoms with van der Waals surface area (Å²) in [4.78, 5) is 13.7. The van der Waals surface area contributed by atoms with E-state index >= 15 is 0 Å². The Kier molecular flexibility index (Phi) is 4.94. The van der Waals surface area contributed by atoms with Crippen LogP contribution in [0.25, 0.3) is 0 Å². The molecule has 1 saturated carbocycles. The first-order valence-electron chi connectivity index (χ1n) is 5.75. The monoisotopic (exact) mass is 198 g/mol. The Labute approximate surface area is 86.6 Å². The van der Waals surface area contributed by atoms with Crippen LogP contribution >= 0.6 is 0 Å². The second kappa shape index (κ2) is 6.02. The van der Waals surface area contributed by atoms with Gasteiger partial charge in [0, 0.05) is 26.1 Å². The molecule has 0 radical (unpaired) electrons. The summed E-state index contributed by atoms with van der Waals surface area (Å²) in [5.74, 6) is 0.996. The summed E-state index contributed by atoms with van der Waals surface area (Å²) in [6.45, 7) is 4.34. The average molecular weight is 198 g/mol. The Balaban J connectivity index is 2.26. The van der Waals surface area contributed by atoms with Crippen LogP contribution in [-0.2, 0) is 4.79 Å². The first kappa shape index (κ1) is 11.5. The molecule has 3 heteroatoms. The largest absolute Gasteiger partial charge is 0.341 e. The van der Waals surface area contributed by atoms with E-state index in [9.17, 15) is 4.79 Å². The zero-order valence-electron chi connectivity index (χ0n) is 9.17. The van der Waals surface area contributed by atoms with E-state index in [1.165, 1.54) is 12.8 Å². The number of amides is 1. The molecule has 0 aromatic carbocycles. The van der Waals surface area contributed by atoms with Gasteiger partial charge in [-0.2, -0.15) is 0 Å². The molecule has 1 aliphatic carbocycles. The third-order valence-electron chi connectivity index (χ3n) is 2.69. The Morgan fingerprint density at radius 3 is 2.64 bits per heavy atom. The maximum Gasteiger partial charge on any atom is 0.222 e. The van der Waals surface area contributed by atoms with Crippen molar-refractivity contribution >= 4 is 5.91 Å². The van der Waals surface area contributed by atoms with Crippen molar-refractivity contribution in [1.29, 1.82) is 0 Å². The van der Waals surface area contributed by atoms with Crippen LogP contribution in [0.3, 0.4) is 0 Å². The first-order chi connectivity index (χ1) is 6.77. The topological polar surface area (TPSA) is 46.3 Å². The third kappa shape index (κ3) is 4.09. The van der Waals surface area contributed by atoms with Crippen LogP contribution in [0.2, 0.25) is 0 Å². The molecule has 1 aliphatic rings. The van der Waals surface area contributed by atoms with Crippen LogP contribution in [0.1, 0.15) is 39.0 Å². The predicted molar refractivity (Wildman–Crippen MR) is 57.9 cm³/mol. The summed E-state index contributed by atoms with van der Waals surface area (Å²) in [7, 11) is 0. The van der Waals surface area contributed by atoms with Crippen molar-refractivity contribution < 1.29 is 4.79 Å². The number of hydrogen-bond donors (Lipinski definition) is 1. The summed E-state index contributed by atoms with van der Waals surface area (Å²) < 4.78 is 0. The number of rotatable bonds is 7. The molecule has 1 amide bonds. The molecule has 1 fully saturated rings. The highest BCUT2D eigenvalue weighted by Crippen LogP contribution is 2.32. The zero-order valence-corrected chi connectivity index (χ0v) is 9.17. The number of carbonyl (C=O) groups is 1. The van der Waals surface area contributed by atoms with Gasteiger partial charge in [-0.15, -0.1) is 0 Å². The summed E-state index contributed by atoms with van der Waals surface area (Å²) in [6, 6.07) is 0. The smallest absolute Gasteiger partial charge is 0.222 e. The van der Waals surface area contributed by atoms with E-state index in [4.69, 9.17) is 5.73 Å². The number of nitrogens with two attached hydrogens (primary N) is 1. The van der Waals surface area contributed by atoms with Gasteiger partial charge in [-0.25, -0.2) is 0 Å². The highest BCUT2D eigenvalue weighted by molar-refractivity contribution is 5.76. The van der Waals surface area contributed by atoms with E-state index < -0.39 is 0 Å². The lowest BCUT2D eigenvalue weighted by Gasteiger charge is -2.21. The first-order valence-corrected chi connectivity index (χ1v) is 5.75. The zero-order chi connectivity index (χ0) is 10.4. The van der Waals surface area contributed by atoms with Gasteiger partial charge in [0.25, 0.3) is 0 Å². The van der Waals surface area contributed by atoms with Crippen molar-refractivity contribution in [2.75, 3.05) is 19.6 Å². The fourth-order valence-electron chi connectivity index (χ4n) is 1.56. The summed E-state index contributed by atoms with van der Waals surface area (Å²) in [5.41, 5.74) is 5.49. The maximum atomic E-state index is 11.8. The molecule has 0 aromatic rings. The van der Waals surface area contributed by atoms with Gasteiger partial charge in [0.05, 0.1) is 0 Å². The molecule has 14 heavy (non-hydrogen) atoms. The highest BCUT2D eigenvalue weighted by atomic mass is 16.2. The van der Waals surface area contributed by atoms with Crippen LogP contribution < -0.4 is 5.73 Å². The Hall–Kier alpha value is -0.570. The Bertz CT molecular complexity index is 178. The van der Waals surface area contributed by atoms with E-state index in [-0.39, 0.29) is 0 Å². The number of carbonyl (C=O) groups excluding carboxylic acids is 1. The molecule has 0 aromatic heterocycles. The van der Waals surface area contributed by atoms with Crippen molar-refractivity contribution in [3.8, 4) is 0 Å². The molecule has 1 rings (SSSR count). The minimum atomic E-state index is 0.311. The van der Waals surface area contributed by atoms with Crippen molar-refractivity contribution in [3.63, 3.8) is 0 Å². The fraction of sp³-hybridized carbons (Fsp3) is 0.909. The highest BCUT2D eigenvalue weighted by Gasteiger charge is 2.26. The molecule has 0 unspecified atom stereocenters. The van der Waals surface area contributed by atoms with Crippen molar-refractivity contribution in [1.82, 2.24) is 4.90 Å². The van der Waals surface area contributed by atoms with Crippen LogP contribution in [-0.4, -0.2) is 30.4 Å². The van der Waals surface area contributed by atoms with Gasteiger partial charge in [-0.1, -0.05) is 13.3 Å². The van der Waals surface area contributed by atoms with Crippen LogP contribution in [0.4, 0.5) is 0 Å². The van der Waals surface area contributed by atoms with Gasteiger partial charge in [-0.05, 0) is 25.2 Å². The summed E-state index contributed by atoms with van der Waals surface area (Å²) >= 11 is 0. The predicted octanol–water partition coefficient (Wildman–Crippen LogP) is 1.37. The van der Waals surface area contributed by atoms with Gasteiger partial charge in [0.2, 0.25) is 5.91 Å². The standard InChI is InChI=1S/C11H22N2O/c1-2-3-7-13(8-6-12)11(14)9-10-4-5-10/h10H,2-9,12H2,1H3. The normalized spacial score (nSPS) is 15.6. The minimum Gasteiger partial charge on any atom is -0.341 e. The van der Waals surface area contributed by atoms with E-state index in [0.29, 0.717) is 18.4 Å². The lowest BCUT2D eigenvalue weighted by molar-refractivity contribution is -0.131. The molecule has 0 heterocycles. The molecule has 0 atom stereocenters. The summed E-state index contributed by atoms with van der Waals surface area (Å²) in [5, 5.41) is 0. The van der Waals surface area contributed by atoms with E-state index in [1.807, 2.05) is 4.90 Å². The van der Waals surface area contributed by atoms with Crippen LogP contribution in [0.15, 0.2) is 0 Å². The quantitative estimate of drug-likeness (QED) is 0.671. The number of hydrogen-bond acceptors (Lipinski definition) is 2. The van der Waals surface area contributed by atoms with Gasteiger partial charge in [0.1, 0.15) is 0 Å². The third-order valence-corrected chi connectivity index (χ3v) is 2.69. The van der Waals surface area contributed by atoms with Gasteiger partial charge in [-0.3, -0.25) is 4.79 Å². The Morgan fingerprint density at radius 1 is 1.43 bits per heavy atom. The lowest BCUT2D eigenvalue weighted by Crippen LogP contribution is -2.36. The second-order valence-electron chi connectivity index (χ2n) is 4.17. The second-order valence-corrected chi connectivity index (χ2v) is 4.17. The van der Waals surface area contributed by atoms with Gasteiger partial charge in [0.15, 0.2) is 0 Å². The molecule has 0 saturated heterocycles. The number of nitrogens with zero attached hydrogens (tertiary/aromatic N) is 1. The molecule has 0 bridgehead atoms. The fourth-order valence-corrected chi connectivity index (χ4v) is 1.56. The van der Waals surface area contributed by atoms with E-state index in [2.05, 4.69) is 6.92 Å². The van der Waals surface area contributed by atoms with Crippen molar-refractivity contribution in [3.05, 3.63) is 0 Å². The molecule has 82 valence electrons. The van der Waals surface area contributed by atoms with E-state index in [0.717, 1.165) is 32.4 Å². The van der Waals surface area contributed by atoms with Crippen molar-refractivity contribution in [2.24, 2.45) is 11.7 Å². The minimum absolute atomic E-state index is 0.311. The average Bonchev–Trinajstić information content (AvgIpc) is 2.95. The maximum absolute atomic E-state index is 11.8. The molecular weight excluding hydrogens is 176 g/mol. The van der Waals surface area contributed by atoms with Crippen LogP contribution in [0.5, 0.6) is 0 Å². The summed E-state index contributed by atoms with van der Waals surface area (Å²) in [6.07, 6.45) is 5.48. The van der Waals surface area contributed by atoms with Gasteiger partial charge < -0.3 is 10.6 Å². The van der Waals surface area contributed by atoms with Gasteiger partial charge >= 0.3 is 0 Å². The number of unbranched alkanes of at least 4 members (excludes halogenated alkanes) is 1. The molecular formula is C11H22N2O. The lowest BCUT2D eigenvalue weighted by atomic mass is 10.2. The molecule has 2 N–H and O–H groups in total. The van der Waals surface area contributed by atoms with Crippen LogP contribution in [0, 0.1) is 5.92 Å². The molecule has 0 spiro atoms. The molecule has 0 aliphatic heterocycles. The Morgan fingerprint density at radius 2 is 2.14 bits per heavy atom. The SMILES string of the molecule is CCCCN(CCN)C(=O)CC1CC1.